The molecule has 0 aromatic rings. The second-order valence-electron chi connectivity index (χ2n) is 8.86. The van der Waals surface area contributed by atoms with Gasteiger partial charge in [0.1, 0.15) is 6.29 Å². The van der Waals surface area contributed by atoms with Crippen LogP contribution >= 0.6 is 0 Å². The first-order valence-electron chi connectivity index (χ1n) is 12.1. The summed E-state index contributed by atoms with van der Waals surface area (Å²) in [4.78, 5) is 59.5. The SMILES string of the molecule is CN1CC(C(=O)NCCC(=O)NCCOCCOCCC(=O)NC2CCC(C=O)CC2)CC1=O. The summed E-state index contributed by atoms with van der Waals surface area (Å²) >= 11 is 0. The van der Waals surface area contributed by atoms with E-state index in [-0.39, 0.29) is 67.3 Å². The van der Waals surface area contributed by atoms with Crippen molar-refractivity contribution in [1.29, 1.82) is 0 Å². The van der Waals surface area contributed by atoms with E-state index < -0.39 is 0 Å². The molecule has 0 aromatic heterocycles. The number of rotatable bonds is 15. The zero-order chi connectivity index (χ0) is 24.8. The van der Waals surface area contributed by atoms with Crippen LogP contribution in [0, 0.1) is 11.8 Å². The monoisotopic (exact) mass is 482 g/mol. The Morgan fingerprint density at radius 1 is 0.941 bits per heavy atom. The van der Waals surface area contributed by atoms with Crippen LogP contribution in [-0.4, -0.2) is 94.0 Å². The van der Waals surface area contributed by atoms with Crippen molar-refractivity contribution in [2.24, 2.45) is 11.8 Å². The third-order valence-electron chi connectivity index (χ3n) is 6.11. The maximum Gasteiger partial charge on any atom is 0.225 e. The molecule has 4 amide bonds. The smallest absolute Gasteiger partial charge is 0.225 e. The maximum absolute atomic E-state index is 12.0. The van der Waals surface area contributed by atoms with E-state index in [1.165, 1.54) is 4.90 Å². The number of carbonyl (C=O) groups excluding carboxylic acids is 5. The number of likely N-dealkylation sites (tertiary alicyclic amines) is 1. The lowest BCUT2D eigenvalue weighted by atomic mass is 9.87. The number of amides is 4. The van der Waals surface area contributed by atoms with Crippen molar-refractivity contribution in [2.45, 2.75) is 51.0 Å². The minimum Gasteiger partial charge on any atom is -0.379 e. The Labute approximate surface area is 200 Å². The van der Waals surface area contributed by atoms with E-state index in [0.29, 0.717) is 39.5 Å². The molecule has 11 nitrogen and oxygen atoms in total. The van der Waals surface area contributed by atoms with Crippen LogP contribution in [0.4, 0.5) is 0 Å². The molecule has 0 radical (unpaired) electrons. The molecule has 1 saturated carbocycles. The lowest BCUT2D eigenvalue weighted by molar-refractivity contribution is -0.128. The Morgan fingerprint density at radius 2 is 1.65 bits per heavy atom. The van der Waals surface area contributed by atoms with Gasteiger partial charge in [-0.05, 0) is 25.7 Å². The number of hydrogen-bond acceptors (Lipinski definition) is 7. The highest BCUT2D eigenvalue weighted by molar-refractivity contribution is 5.89. The molecule has 1 heterocycles. The summed E-state index contributed by atoms with van der Waals surface area (Å²) < 4.78 is 10.8. The number of hydrogen-bond donors (Lipinski definition) is 3. The number of ether oxygens (including phenoxy) is 2. The van der Waals surface area contributed by atoms with Crippen molar-refractivity contribution >= 4 is 29.9 Å². The van der Waals surface area contributed by atoms with Gasteiger partial charge in [0.15, 0.2) is 0 Å². The number of carbonyl (C=O) groups is 5. The Hall–Kier alpha value is -2.53. The predicted molar refractivity (Wildman–Crippen MR) is 123 cm³/mol. The van der Waals surface area contributed by atoms with Crippen LogP contribution in [0.25, 0.3) is 0 Å². The number of nitrogens with one attached hydrogen (secondary N) is 3. The van der Waals surface area contributed by atoms with Crippen LogP contribution in [0.15, 0.2) is 0 Å². The molecule has 192 valence electrons. The minimum absolute atomic E-state index is 0.0426. The van der Waals surface area contributed by atoms with Crippen molar-refractivity contribution in [2.75, 3.05) is 53.1 Å². The first-order valence-corrected chi connectivity index (χ1v) is 12.1. The Kier molecular flexibility index (Phi) is 12.5. The zero-order valence-electron chi connectivity index (χ0n) is 20.0. The lowest BCUT2D eigenvalue weighted by Crippen LogP contribution is -2.38. The van der Waals surface area contributed by atoms with Crippen LogP contribution in [0.3, 0.4) is 0 Å². The normalized spacial score (nSPS) is 22.3. The molecule has 3 N–H and O–H groups in total. The van der Waals surface area contributed by atoms with E-state index in [4.69, 9.17) is 9.47 Å². The van der Waals surface area contributed by atoms with Gasteiger partial charge in [0.05, 0.1) is 32.3 Å². The summed E-state index contributed by atoms with van der Waals surface area (Å²) in [6.45, 7) is 2.35. The van der Waals surface area contributed by atoms with Crippen molar-refractivity contribution < 1.29 is 33.4 Å². The van der Waals surface area contributed by atoms with Gasteiger partial charge >= 0.3 is 0 Å². The summed E-state index contributed by atoms with van der Waals surface area (Å²) in [6.07, 6.45) is 5.02. The molecule has 1 saturated heterocycles. The molecule has 34 heavy (non-hydrogen) atoms. The van der Waals surface area contributed by atoms with Crippen molar-refractivity contribution in [1.82, 2.24) is 20.9 Å². The highest BCUT2D eigenvalue weighted by Crippen LogP contribution is 2.22. The highest BCUT2D eigenvalue weighted by Gasteiger charge is 2.31. The fourth-order valence-electron chi connectivity index (χ4n) is 4.02. The Balaban J connectivity index is 1.36. The van der Waals surface area contributed by atoms with E-state index >= 15 is 0 Å². The van der Waals surface area contributed by atoms with Crippen LogP contribution in [0.1, 0.15) is 44.9 Å². The van der Waals surface area contributed by atoms with Gasteiger partial charge in [-0.2, -0.15) is 0 Å². The average Bonchev–Trinajstić information content (AvgIpc) is 3.16. The molecular formula is C23H38N4O7. The maximum atomic E-state index is 12.0. The fourth-order valence-corrected chi connectivity index (χ4v) is 4.02. The van der Waals surface area contributed by atoms with Gasteiger partial charge in [-0.3, -0.25) is 19.2 Å². The molecular weight excluding hydrogens is 444 g/mol. The van der Waals surface area contributed by atoms with Gasteiger partial charge in [0.2, 0.25) is 23.6 Å². The van der Waals surface area contributed by atoms with Crippen LogP contribution < -0.4 is 16.0 Å². The molecule has 1 atom stereocenters. The van der Waals surface area contributed by atoms with E-state index in [1.807, 2.05) is 0 Å². The molecule has 0 aromatic carbocycles. The molecule has 1 aliphatic carbocycles. The second-order valence-corrected chi connectivity index (χ2v) is 8.86. The minimum atomic E-state index is -0.347. The van der Waals surface area contributed by atoms with Gasteiger partial charge < -0.3 is 35.1 Å². The molecule has 1 unspecified atom stereocenters. The lowest BCUT2D eigenvalue weighted by Gasteiger charge is -2.26. The number of aldehydes is 1. The standard InChI is InChI=1S/C23H38N4O7/c1-27-15-18(14-22(27)31)23(32)25-8-6-20(29)24-9-11-34-13-12-33-10-7-21(30)26-19-4-2-17(16-28)3-5-19/h16-19H,2-15H2,1H3,(H,24,29)(H,25,32)(H,26,30). The van der Waals surface area contributed by atoms with Gasteiger partial charge in [0, 0.05) is 57.9 Å². The molecule has 2 rings (SSSR count). The first kappa shape index (κ1) is 27.7. The van der Waals surface area contributed by atoms with E-state index in [0.717, 1.165) is 32.0 Å². The van der Waals surface area contributed by atoms with E-state index in [9.17, 15) is 24.0 Å². The quantitative estimate of drug-likeness (QED) is 0.209. The Bertz CT molecular complexity index is 695. The summed E-state index contributed by atoms with van der Waals surface area (Å²) in [5.41, 5.74) is 0. The third kappa shape index (κ3) is 10.6. The van der Waals surface area contributed by atoms with Crippen LogP contribution in [0.5, 0.6) is 0 Å². The molecule has 2 aliphatic rings. The molecule has 2 fully saturated rings. The molecule has 11 heteroatoms. The van der Waals surface area contributed by atoms with E-state index in [1.54, 1.807) is 7.05 Å². The van der Waals surface area contributed by atoms with Gasteiger partial charge in [-0.15, -0.1) is 0 Å². The van der Waals surface area contributed by atoms with Crippen molar-refractivity contribution in [3.63, 3.8) is 0 Å². The molecule has 0 bridgehead atoms. The molecule has 1 aliphatic heterocycles. The van der Waals surface area contributed by atoms with Crippen LogP contribution in [0.2, 0.25) is 0 Å². The third-order valence-corrected chi connectivity index (χ3v) is 6.11. The topological polar surface area (TPSA) is 143 Å². The van der Waals surface area contributed by atoms with Gasteiger partial charge in [-0.25, -0.2) is 0 Å². The summed E-state index contributed by atoms with van der Waals surface area (Å²) in [5, 5.41) is 8.39. The van der Waals surface area contributed by atoms with Crippen LogP contribution in [-0.2, 0) is 33.4 Å². The number of nitrogens with zero attached hydrogens (tertiary/aromatic N) is 1. The largest absolute Gasteiger partial charge is 0.379 e. The molecule has 0 spiro atoms. The highest BCUT2D eigenvalue weighted by atomic mass is 16.5. The zero-order valence-corrected chi connectivity index (χ0v) is 20.0. The Morgan fingerprint density at radius 3 is 2.29 bits per heavy atom. The first-order chi connectivity index (χ1) is 16.4. The van der Waals surface area contributed by atoms with Gasteiger partial charge in [-0.1, -0.05) is 0 Å². The summed E-state index contributed by atoms with van der Waals surface area (Å²) in [5.74, 6) is -0.689. The summed E-state index contributed by atoms with van der Waals surface area (Å²) in [6, 6.07) is 0.151. The fraction of sp³-hybridized carbons (Fsp3) is 0.783. The van der Waals surface area contributed by atoms with E-state index in [2.05, 4.69) is 16.0 Å². The van der Waals surface area contributed by atoms with Gasteiger partial charge in [0.25, 0.3) is 0 Å². The second kappa shape index (κ2) is 15.4. The predicted octanol–water partition coefficient (Wildman–Crippen LogP) is -0.616. The average molecular weight is 483 g/mol. The summed E-state index contributed by atoms with van der Waals surface area (Å²) in [7, 11) is 1.67. The van der Waals surface area contributed by atoms with Crippen molar-refractivity contribution in [3.8, 4) is 0 Å². The van der Waals surface area contributed by atoms with Crippen molar-refractivity contribution in [3.05, 3.63) is 0 Å².